The molecule has 3 atom stereocenters. The first kappa shape index (κ1) is 13.7. The van der Waals surface area contributed by atoms with Gasteiger partial charge < -0.3 is 10.0 Å². The highest BCUT2D eigenvalue weighted by atomic mass is 16.3. The van der Waals surface area contributed by atoms with E-state index in [1.54, 1.807) is 12.4 Å². The van der Waals surface area contributed by atoms with Crippen LogP contribution in [0.4, 0.5) is 5.95 Å². The number of nitrogens with zero attached hydrogens (tertiary/aromatic N) is 3. The molecule has 20 heavy (non-hydrogen) atoms. The summed E-state index contributed by atoms with van der Waals surface area (Å²) in [4.78, 5) is 11.0. The predicted octanol–water partition coefficient (Wildman–Crippen LogP) is 0.311. The Bertz CT molecular complexity index is 415. The summed E-state index contributed by atoms with van der Waals surface area (Å²) >= 11 is 0. The Balaban J connectivity index is 1.59. The highest BCUT2D eigenvalue weighted by Crippen LogP contribution is 2.26. The van der Waals surface area contributed by atoms with Gasteiger partial charge in [-0.3, -0.25) is 10.9 Å². The van der Waals surface area contributed by atoms with Gasteiger partial charge in [0.05, 0.1) is 0 Å². The molecular weight excluding hydrogens is 254 g/mol. The Morgan fingerprint density at radius 1 is 1.30 bits per heavy atom. The van der Waals surface area contributed by atoms with Gasteiger partial charge in [0.25, 0.3) is 0 Å². The number of piperidine rings is 1. The predicted molar refractivity (Wildman–Crippen MR) is 77.1 cm³/mol. The zero-order valence-electron chi connectivity index (χ0n) is 11.7. The van der Waals surface area contributed by atoms with Crippen molar-refractivity contribution in [3.8, 4) is 0 Å². The van der Waals surface area contributed by atoms with Gasteiger partial charge in [0, 0.05) is 44.2 Å². The minimum absolute atomic E-state index is 0.251. The monoisotopic (exact) mass is 277 g/mol. The van der Waals surface area contributed by atoms with Crippen molar-refractivity contribution in [3.63, 3.8) is 0 Å². The van der Waals surface area contributed by atoms with Crippen LogP contribution in [0.5, 0.6) is 0 Å². The molecule has 0 saturated carbocycles. The first-order valence-electron chi connectivity index (χ1n) is 7.50. The smallest absolute Gasteiger partial charge is 0.225 e. The lowest BCUT2D eigenvalue weighted by molar-refractivity contribution is 0.268. The van der Waals surface area contributed by atoms with E-state index in [1.165, 1.54) is 12.8 Å². The summed E-state index contributed by atoms with van der Waals surface area (Å²) in [6.45, 7) is 2.30. The second-order valence-electron chi connectivity index (χ2n) is 5.74. The van der Waals surface area contributed by atoms with Gasteiger partial charge in [-0.2, -0.15) is 0 Å². The Labute approximate surface area is 119 Å². The molecule has 3 unspecified atom stereocenters. The molecule has 2 aliphatic heterocycles. The minimum Gasteiger partial charge on any atom is -0.396 e. The second kappa shape index (κ2) is 6.47. The van der Waals surface area contributed by atoms with E-state index < -0.39 is 0 Å². The maximum absolute atomic E-state index is 9.02. The normalized spacial score (nSPS) is 30.6. The molecule has 0 aromatic carbocycles. The average molecular weight is 277 g/mol. The number of anilines is 1. The number of hydrogen-bond donors (Lipinski definition) is 3. The van der Waals surface area contributed by atoms with Crippen molar-refractivity contribution in [2.45, 2.75) is 37.8 Å². The van der Waals surface area contributed by atoms with Crippen LogP contribution in [0.1, 0.15) is 25.7 Å². The van der Waals surface area contributed by atoms with Crippen LogP contribution >= 0.6 is 0 Å². The number of aliphatic hydroxyl groups is 1. The molecule has 1 aromatic heterocycles. The minimum atomic E-state index is 0.251. The molecule has 2 aliphatic rings. The summed E-state index contributed by atoms with van der Waals surface area (Å²) in [7, 11) is 0. The molecule has 0 amide bonds. The highest BCUT2D eigenvalue weighted by Gasteiger charge is 2.33. The number of aromatic nitrogens is 2. The van der Waals surface area contributed by atoms with E-state index in [9.17, 15) is 0 Å². The lowest BCUT2D eigenvalue weighted by Gasteiger charge is -2.35. The van der Waals surface area contributed by atoms with Crippen LogP contribution in [0.25, 0.3) is 0 Å². The van der Waals surface area contributed by atoms with E-state index >= 15 is 0 Å². The number of hydrazine groups is 1. The van der Waals surface area contributed by atoms with E-state index in [-0.39, 0.29) is 6.61 Å². The lowest BCUT2D eigenvalue weighted by atomic mass is 9.88. The molecule has 0 radical (unpaired) electrons. The summed E-state index contributed by atoms with van der Waals surface area (Å²) in [5.74, 6) is 1.46. The van der Waals surface area contributed by atoms with E-state index in [0.717, 1.165) is 31.9 Å². The van der Waals surface area contributed by atoms with Gasteiger partial charge in [-0.25, -0.2) is 9.97 Å². The second-order valence-corrected chi connectivity index (χ2v) is 5.74. The van der Waals surface area contributed by atoms with Crippen molar-refractivity contribution in [1.82, 2.24) is 20.8 Å². The van der Waals surface area contributed by atoms with E-state index in [2.05, 4.69) is 25.7 Å². The van der Waals surface area contributed by atoms with Crippen LogP contribution in [-0.4, -0.2) is 46.9 Å². The van der Waals surface area contributed by atoms with Crippen molar-refractivity contribution in [1.29, 1.82) is 0 Å². The van der Waals surface area contributed by atoms with Gasteiger partial charge in [-0.05, 0) is 37.7 Å². The van der Waals surface area contributed by atoms with Crippen molar-refractivity contribution >= 4 is 5.95 Å². The molecule has 6 nitrogen and oxygen atoms in total. The van der Waals surface area contributed by atoms with Gasteiger partial charge in [0.2, 0.25) is 5.95 Å². The van der Waals surface area contributed by atoms with Gasteiger partial charge >= 0.3 is 0 Å². The fourth-order valence-electron chi connectivity index (χ4n) is 3.28. The van der Waals surface area contributed by atoms with Gasteiger partial charge in [0.1, 0.15) is 0 Å². The van der Waals surface area contributed by atoms with Crippen molar-refractivity contribution in [3.05, 3.63) is 18.5 Å². The van der Waals surface area contributed by atoms with Crippen LogP contribution in [-0.2, 0) is 0 Å². The first-order chi connectivity index (χ1) is 9.86. The molecule has 0 aliphatic carbocycles. The van der Waals surface area contributed by atoms with Crippen molar-refractivity contribution < 1.29 is 5.11 Å². The standard InChI is InChI=1S/C14H23N5O/c20-8-4-12-9-13(18-17-12)11-3-1-7-19(10-11)14-15-5-2-6-16-14/h2,5-6,11-13,17-18,20H,1,3-4,7-10H2. The van der Waals surface area contributed by atoms with Crippen molar-refractivity contribution in [2.24, 2.45) is 5.92 Å². The van der Waals surface area contributed by atoms with Crippen LogP contribution in [0, 0.1) is 5.92 Å². The molecular formula is C14H23N5O. The van der Waals surface area contributed by atoms with Crippen molar-refractivity contribution in [2.75, 3.05) is 24.6 Å². The third-order valence-corrected chi connectivity index (χ3v) is 4.35. The molecule has 3 rings (SSSR count). The largest absolute Gasteiger partial charge is 0.396 e. The van der Waals surface area contributed by atoms with Crippen LogP contribution in [0.2, 0.25) is 0 Å². The lowest BCUT2D eigenvalue weighted by Crippen LogP contribution is -2.45. The number of rotatable bonds is 4. The van der Waals surface area contributed by atoms with Gasteiger partial charge in [-0.15, -0.1) is 0 Å². The van der Waals surface area contributed by atoms with Crippen LogP contribution < -0.4 is 15.8 Å². The molecule has 110 valence electrons. The Hall–Kier alpha value is -1.24. The summed E-state index contributed by atoms with van der Waals surface area (Å²) in [5.41, 5.74) is 6.70. The summed E-state index contributed by atoms with van der Waals surface area (Å²) in [6, 6.07) is 2.73. The topological polar surface area (TPSA) is 73.3 Å². The third-order valence-electron chi connectivity index (χ3n) is 4.35. The molecule has 2 fully saturated rings. The van der Waals surface area contributed by atoms with Crippen LogP contribution in [0.15, 0.2) is 18.5 Å². The SMILES string of the molecule is OCCC1CC(C2CCCN(c3ncccn3)C2)NN1. The highest BCUT2D eigenvalue weighted by molar-refractivity contribution is 5.29. The number of nitrogens with one attached hydrogen (secondary N) is 2. The third kappa shape index (κ3) is 3.08. The molecule has 3 heterocycles. The average Bonchev–Trinajstić information content (AvgIpc) is 2.97. The molecule has 6 heteroatoms. The molecule has 0 bridgehead atoms. The fraction of sp³-hybridized carbons (Fsp3) is 0.714. The van der Waals surface area contributed by atoms with E-state index in [4.69, 9.17) is 5.11 Å². The molecule has 2 saturated heterocycles. The van der Waals surface area contributed by atoms with Gasteiger partial charge in [-0.1, -0.05) is 0 Å². The Morgan fingerprint density at radius 3 is 2.95 bits per heavy atom. The van der Waals surface area contributed by atoms with E-state index in [1.807, 2.05) is 6.07 Å². The molecule has 0 spiro atoms. The quantitative estimate of drug-likeness (QED) is 0.736. The number of aliphatic hydroxyl groups excluding tert-OH is 1. The maximum Gasteiger partial charge on any atom is 0.225 e. The number of hydrogen-bond acceptors (Lipinski definition) is 6. The zero-order chi connectivity index (χ0) is 13.8. The Morgan fingerprint density at radius 2 is 2.15 bits per heavy atom. The summed E-state index contributed by atoms with van der Waals surface area (Å²) < 4.78 is 0. The van der Waals surface area contributed by atoms with Crippen LogP contribution in [0.3, 0.4) is 0 Å². The summed E-state index contributed by atoms with van der Waals surface area (Å²) in [5, 5.41) is 9.02. The van der Waals surface area contributed by atoms with Gasteiger partial charge in [0.15, 0.2) is 0 Å². The zero-order valence-corrected chi connectivity index (χ0v) is 11.7. The fourth-order valence-corrected chi connectivity index (χ4v) is 3.28. The summed E-state index contributed by atoms with van der Waals surface area (Å²) in [6.07, 6.45) is 7.95. The molecule has 1 aromatic rings. The molecule has 3 N–H and O–H groups in total. The first-order valence-corrected chi connectivity index (χ1v) is 7.50. The van der Waals surface area contributed by atoms with E-state index in [0.29, 0.717) is 18.0 Å². The Kier molecular flexibility index (Phi) is 4.44. The maximum atomic E-state index is 9.02.